The van der Waals surface area contributed by atoms with Crippen LogP contribution in [0.15, 0.2) is 0 Å². The summed E-state index contributed by atoms with van der Waals surface area (Å²) in [6, 6.07) is 0. The number of amides is 2. The third-order valence-corrected chi connectivity index (χ3v) is 23.7. The number of carbonyl (C=O) groups is 6. The van der Waals surface area contributed by atoms with Gasteiger partial charge in [0.1, 0.15) is 12.2 Å². The maximum absolute atomic E-state index is 13.8. The second-order valence-electron chi connectivity index (χ2n) is 36.4. The van der Waals surface area contributed by atoms with Gasteiger partial charge in [-0.1, -0.05) is 324 Å². The summed E-state index contributed by atoms with van der Waals surface area (Å²) in [5, 5.41) is 6.27. The number of rotatable bonds is 87. The molecular weight excluding hydrogens is 1390 g/mol. The van der Waals surface area contributed by atoms with Gasteiger partial charge in [-0.25, -0.2) is 0 Å². The molecule has 0 rings (SSSR count). The average molecular weight is 1580 g/mol. The molecule has 662 valence electrons. The van der Waals surface area contributed by atoms with Gasteiger partial charge in [0.25, 0.3) is 0 Å². The molecule has 0 saturated heterocycles. The predicted octanol–water partition coefficient (Wildman–Crippen LogP) is 27.3. The number of hydrogen-bond donors (Lipinski definition) is 2. The molecule has 14 nitrogen and oxygen atoms in total. The summed E-state index contributed by atoms with van der Waals surface area (Å²) in [7, 11) is 0. The van der Waals surface area contributed by atoms with E-state index in [1.54, 1.807) is 0 Å². The molecule has 14 heteroatoms. The molecule has 0 fully saturated rings. The van der Waals surface area contributed by atoms with Gasteiger partial charge < -0.3 is 39.4 Å². The molecule has 112 heavy (non-hydrogen) atoms. The third-order valence-electron chi connectivity index (χ3n) is 23.7. The minimum atomic E-state index is -0.555. The topological polar surface area (TPSA) is 170 Å². The van der Waals surface area contributed by atoms with Crippen LogP contribution in [0, 0.1) is 16.2 Å². The molecule has 0 saturated carbocycles. The van der Waals surface area contributed by atoms with E-state index < -0.39 is 16.2 Å². The van der Waals surface area contributed by atoms with E-state index in [2.05, 4.69) is 75.8 Å². The van der Waals surface area contributed by atoms with Crippen LogP contribution >= 0.6 is 0 Å². The minimum Gasteiger partial charge on any atom is -0.465 e. The van der Waals surface area contributed by atoms with Crippen molar-refractivity contribution in [2.75, 3.05) is 65.6 Å². The smallest absolute Gasteiger partial charge is 0.311 e. The van der Waals surface area contributed by atoms with Crippen LogP contribution in [0.4, 0.5) is 0 Å². The van der Waals surface area contributed by atoms with Crippen molar-refractivity contribution in [3.63, 3.8) is 0 Å². The van der Waals surface area contributed by atoms with Crippen molar-refractivity contribution in [2.24, 2.45) is 16.2 Å². The highest BCUT2D eigenvalue weighted by Crippen LogP contribution is 2.31. The maximum Gasteiger partial charge on any atom is 0.311 e. The van der Waals surface area contributed by atoms with Gasteiger partial charge in [-0.15, -0.1) is 0 Å². The molecule has 0 aromatic rings. The Kier molecular flexibility index (Phi) is 75.4. The summed E-state index contributed by atoms with van der Waals surface area (Å²) in [6.07, 6.45) is 71.7. The summed E-state index contributed by atoms with van der Waals surface area (Å²) >= 11 is 0. The Morgan fingerprint density at radius 2 is 0.500 bits per heavy atom. The zero-order valence-electron chi connectivity index (χ0n) is 76.7. The number of nitrogens with zero attached hydrogens (tertiary/aromatic N) is 2. The highest BCUT2D eigenvalue weighted by atomic mass is 16.6. The lowest BCUT2D eigenvalue weighted by atomic mass is 9.86. The number of esters is 4. The quantitative estimate of drug-likeness (QED) is 0.0336. The zero-order valence-corrected chi connectivity index (χ0v) is 76.7. The van der Waals surface area contributed by atoms with Gasteiger partial charge in [-0.3, -0.25) is 28.8 Å². The zero-order chi connectivity index (χ0) is 82.5. The Hall–Kier alpha value is -3.26. The lowest BCUT2D eigenvalue weighted by molar-refractivity contribution is -0.161. The van der Waals surface area contributed by atoms with Crippen LogP contribution in [0.25, 0.3) is 0 Å². The summed E-state index contributed by atoms with van der Waals surface area (Å²) < 4.78 is 24.2. The van der Waals surface area contributed by atoms with Crippen molar-refractivity contribution in [1.29, 1.82) is 0 Å². The van der Waals surface area contributed by atoms with E-state index in [0.29, 0.717) is 45.8 Å². The van der Waals surface area contributed by atoms with Crippen molar-refractivity contribution < 1.29 is 47.7 Å². The van der Waals surface area contributed by atoms with Gasteiger partial charge in [0.2, 0.25) is 11.8 Å². The fourth-order valence-corrected chi connectivity index (χ4v) is 15.5. The normalized spacial score (nSPS) is 12.1. The Morgan fingerprint density at radius 3 is 0.821 bits per heavy atom. The van der Waals surface area contributed by atoms with E-state index in [9.17, 15) is 28.8 Å². The Balaban J connectivity index is 5.73. The maximum atomic E-state index is 13.8. The van der Waals surface area contributed by atoms with Crippen molar-refractivity contribution in [3.8, 4) is 0 Å². The van der Waals surface area contributed by atoms with Crippen LogP contribution in [0.2, 0.25) is 0 Å². The van der Waals surface area contributed by atoms with Gasteiger partial charge in [0.05, 0.1) is 29.5 Å². The molecule has 0 aromatic heterocycles. The number of nitrogens with one attached hydrogen (secondary N) is 2. The van der Waals surface area contributed by atoms with E-state index in [4.69, 9.17) is 18.9 Å². The fraction of sp³-hybridized carbons (Fsp3) is 0.939. The Labute approximate surface area is 694 Å². The van der Waals surface area contributed by atoms with Gasteiger partial charge in [-0.2, -0.15) is 0 Å². The van der Waals surface area contributed by atoms with Crippen molar-refractivity contribution in [3.05, 3.63) is 0 Å². The highest BCUT2D eigenvalue weighted by molar-refractivity contribution is 5.83. The SMILES string of the molecule is CCCCCCCCCCCOC(=O)C(C)(C)CCCCN(CCCCCCCC(=O)OC(CCCCCCCC)CCCCCCCC)CCNC(=O)CCC(=O)NCCN(CCCCCCC(C)(C)C(=O)OC(CCCCCCCC)CCCCCCCC)CCCCC(C)(C)C(=O)OCCCCCCCCCCC. The largest absolute Gasteiger partial charge is 0.465 e. The van der Waals surface area contributed by atoms with Gasteiger partial charge in [0.15, 0.2) is 0 Å². The lowest BCUT2D eigenvalue weighted by Gasteiger charge is -2.27. The fourth-order valence-electron chi connectivity index (χ4n) is 15.5. The minimum absolute atomic E-state index is 0.0139. The van der Waals surface area contributed by atoms with Crippen LogP contribution in [-0.4, -0.2) is 123 Å². The first-order valence-electron chi connectivity index (χ1n) is 48.9. The van der Waals surface area contributed by atoms with Gasteiger partial charge in [-0.05, 0) is 183 Å². The molecule has 2 amide bonds. The van der Waals surface area contributed by atoms with E-state index in [1.807, 2.05) is 27.7 Å². The molecule has 0 atom stereocenters. The van der Waals surface area contributed by atoms with Crippen LogP contribution in [0.5, 0.6) is 0 Å². The summed E-state index contributed by atoms with van der Waals surface area (Å²) in [6.45, 7) is 32.7. The van der Waals surface area contributed by atoms with Crippen molar-refractivity contribution in [1.82, 2.24) is 20.4 Å². The number of hydrogen-bond acceptors (Lipinski definition) is 12. The van der Waals surface area contributed by atoms with Crippen LogP contribution in [-0.2, 0) is 47.7 Å². The van der Waals surface area contributed by atoms with E-state index in [0.717, 1.165) is 206 Å². The first kappa shape index (κ1) is 109. The molecule has 0 aliphatic carbocycles. The summed E-state index contributed by atoms with van der Waals surface area (Å²) in [4.78, 5) is 85.2. The molecule has 0 spiro atoms. The van der Waals surface area contributed by atoms with E-state index in [1.165, 1.54) is 218 Å². The van der Waals surface area contributed by atoms with Crippen molar-refractivity contribution >= 4 is 35.7 Å². The number of ether oxygens (including phenoxy) is 4. The monoisotopic (exact) mass is 1580 g/mol. The molecule has 0 heterocycles. The summed E-state index contributed by atoms with van der Waals surface area (Å²) in [5.41, 5.74) is -1.64. The molecule has 0 aliphatic rings. The Bertz CT molecular complexity index is 2120. The van der Waals surface area contributed by atoms with Crippen LogP contribution in [0.1, 0.15) is 500 Å². The van der Waals surface area contributed by atoms with E-state index >= 15 is 0 Å². The molecular formula is C98H190N4O10. The van der Waals surface area contributed by atoms with Crippen LogP contribution in [0.3, 0.4) is 0 Å². The molecule has 0 aliphatic heterocycles. The van der Waals surface area contributed by atoms with Gasteiger partial charge in [0, 0.05) is 45.4 Å². The molecule has 0 aromatic carbocycles. The summed E-state index contributed by atoms with van der Waals surface area (Å²) in [5.74, 6) is -0.525. The number of unbranched alkanes of at least 4 members (excludes halogenated alkanes) is 45. The second-order valence-corrected chi connectivity index (χ2v) is 36.4. The van der Waals surface area contributed by atoms with Crippen molar-refractivity contribution in [2.45, 2.75) is 513 Å². The van der Waals surface area contributed by atoms with Crippen LogP contribution < -0.4 is 10.6 Å². The average Bonchev–Trinajstić information content (AvgIpc) is 0.890. The molecule has 0 radical (unpaired) electrons. The third kappa shape index (κ3) is 68.8. The standard InChI is InChI=1S/C98H190N4O10/c1-13-19-25-31-37-39-41-52-66-86-109-93(106)96(7,8)76-60-64-82-101(80-62-50-43-48-58-72-92(105)111-88(68-54-44-33-27-21-15-3)69-55-45-34-28-22-16-4)84-78-99-90(103)73-74-91(104)100-79-85-102(83-65-61-77-97(9,10)94(107)110-87-67-53-42-40-38-32-26-20-14-2)81-63-51-49-59-75-98(11,12)95(108)112-89(70-56-46-35-29-23-17-5)71-57-47-36-30-24-18-6/h88-89H,13-87H2,1-12H3,(H,99,103)(H,100,104). The molecule has 0 unspecified atom stereocenters. The number of carbonyl (C=O) groups excluding carboxylic acids is 6. The first-order valence-corrected chi connectivity index (χ1v) is 48.9. The predicted molar refractivity (Wildman–Crippen MR) is 476 cm³/mol. The molecule has 2 N–H and O–H groups in total. The Morgan fingerprint density at radius 1 is 0.259 bits per heavy atom. The second kappa shape index (κ2) is 77.6. The lowest BCUT2D eigenvalue weighted by Crippen LogP contribution is -2.38. The highest BCUT2D eigenvalue weighted by Gasteiger charge is 2.32. The van der Waals surface area contributed by atoms with Gasteiger partial charge >= 0.3 is 23.9 Å². The van der Waals surface area contributed by atoms with E-state index in [-0.39, 0.29) is 60.7 Å². The first-order chi connectivity index (χ1) is 54.2. The molecule has 0 bridgehead atoms.